The molecule has 1 N–H and O–H groups in total. The van der Waals surface area contributed by atoms with Crippen LogP contribution >= 0.6 is 11.8 Å². The first-order chi connectivity index (χ1) is 14.5. The van der Waals surface area contributed by atoms with Crippen molar-refractivity contribution in [1.82, 2.24) is 15.5 Å². The number of halogens is 1. The molecule has 0 aliphatic carbocycles. The second-order valence-electron chi connectivity index (χ2n) is 6.73. The van der Waals surface area contributed by atoms with E-state index in [2.05, 4.69) is 22.4 Å². The number of carbonyl (C=O) groups is 1. The van der Waals surface area contributed by atoms with Gasteiger partial charge in [0.05, 0.1) is 11.8 Å². The predicted octanol–water partition coefficient (Wildman–Crippen LogP) is 5.10. The van der Waals surface area contributed by atoms with E-state index in [0.29, 0.717) is 11.0 Å². The third kappa shape index (κ3) is 6.32. The molecular formula is C22H24FN3O3S. The summed E-state index contributed by atoms with van der Waals surface area (Å²) in [6, 6.07) is 15.6. The van der Waals surface area contributed by atoms with Crippen molar-refractivity contribution < 1.29 is 18.3 Å². The number of benzene rings is 2. The van der Waals surface area contributed by atoms with Crippen molar-refractivity contribution in [2.24, 2.45) is 0 Å². The summed E-state index contributed by atoms with van der Waals surface area (Å²) in [5.41, 5.74) is 1.09. The Balaban J connectivity index is 1.51. The maximum atomic E-state index is 13.0. The SMILES string of the molecule is CCCC(NC(=O)CSc1nnc(C(C)Oc2ccc(F)cc2)o1)c1ccccc1. The molecule has 1 aromatic heterocycles. The highest BCUT2D eigenvalue weighted by atomic mass is 32.2. The van der Waals surface area contributed by atoms with Crippen LogP contribution in [0.4, 0.5) is 4.39 Å². The molecule has 30 heavy (non-hydrogen) atoms. The molecule has 0 aliphatic heterocycles. The zero-order chi connectivity index (χ0) is 21.3. The summed E-state index contributed by atoms with van der Waals surface area (Å²) in [5.74, 6) is 0.520. The first-order valence-corrected chi connectivity index (χ1v) is 10.8. The van der Waals surface area contributed by atoms with Gasteiger partial charge in [-0.25, -0.2) is 4.39 Å². The number of hydrogen-bond acceptors (Lipinski definition) is 6. The topological polar surface area (TPSA) is 77.2 Å². The van der Waals surface area contributed by atoms with Crippen molar-refractivity contribution in [2.75, 3.05) is 5.75 Å². The van der Waals surface area contributed by atoms with Gasteiger partial charge in [0.25, 0.3) is 11.1 Å². The molecule has 0 radical (unpaired) electrons. The second kappa shape index (κ2) is 10.8. The zero-order valence-electron chi connectivity index (χ0n) is 16.9. The van der Waals surface area contributed by atoms with Gasteiger partial charge in [-0.05, 0) is 43.2 Å². The molecule has 0 fully saturated rings. The van der Waals surface area contributed by atoms with E-state index in [1.807, 2.05) is 30.3 Å². The average Bonchev–Trinajstić information content (AvgIpc) is 3.23. The van der Waals surface area contributed by atoms with E-state index in [-0.39, 0.29) is 29.4 Å². The van der Waals surface area contributed by atoms with E-state index < -0.39 is 6.10 Å². The number of carbonyl (C=O) groups excluding carboxylic acids is 1. The van der Waals surface area contributed by atoms with Gasteiger partial charge in [0, 0.05) is 0 Å². The van der Waals surface area contributed by atoms with Crippen molar-refractivity contribution in [3.8, 4) is 5.75 Å². The summed E-state index contributed by atoms with van der Waals surface area (Å²) in [6.07, 6.45) is 1.33. The van der Waals surface area contributed by atoms with Crippen LogP contribution in [0, 0.1) is 5.82 Å². The smallest absolute Gasteiger partial charge is 0.277 e. The van der Waals surface area contributed by atoms with Gasteiger partial charge in [-0.2, -0.15) is 0 Å². The lowest BCUT2D eigenvalue weighted by atomic mass is 10.0. The lowest BCUT2D eigenvalue weighted by molar-refractivity contribution is -0.119. The molecule has 8 heteroatoms. The fourth-order valence-electron chi connectivity index (χ4n) is 2.87. The lowest BCUT2D eigenvalue weighted by Crippen LogP contribution is -2.29. The number of hydrogen-bond donors (Lipinski definition) is 1. The largest absolute Gasteiger partial charge is 0.481 e. The molecule has 2 atom stereocenters. The number of amides is 1. The van der Waals surface area contributed by atoms with Crippen LogP contribution in [0.5, 0.6) is 5.75 Å². The molecule has 0 aliphatic rings. The Labute approximate surface area is 179 Å². The number of ether oxygens (including phenoxy) is 1. The third-order valence-corrected chi connectivity index (χ3v) is 5.16. The molecular weight excluding hydrogens is 405 g/mol. The van der Waals surface area contributed by atoms with E-state index >= 15 is 0 Å². The van der Waals surface area contributed by atoms with Gasteiger partial charge in [0.2, 0.25) is 5.91 Å². The van der Waals surface area contributed by atoms with Gasteiger partial charge in [-0.3, -0.25) is 4.79 Å². The molecule has 0 saturated heterocycles. The summed E-state index contributed by atoms with van der Waals surface area (Å²) in [7, 11) is 0. The molecule has 2 aromatic carbocycles. The molecule has 6 nitrogen and oxygen atoms in total. The third-order valence-electron chi connectivity index (χ3n) is 4.34. The van der Waals surface area contributed by atoms with Gasteiger partial charge in [-0.15, -0.1) is 10.2 Å². The van der Waals surface area contributed by atoms with Crippen LogP contribution in [0.1, 0.15) is 50.3 Å². The van der Waals surface area contributed by atoms with Crippen LogP contribution in [-0.4, -0.2) is 21.9 Å². The van der Waals surface area contributed by atoms with Crippen LogP contribution in [0.25, 0.3) is 0 Å². The Morgan fingerprint density at radius 1 is 1.17 bits per heavy atom. The standard InChI is InChI=1S/C22H24FN3O3S/c1-3-7-19(16-8-5-4-6-9-16)24-20(27)14-30-22-26-25-21(29-22)15(2)28-18-12-10-17(23)11-13-18/h4-6,8-13,15,19H,3,7,14H2,1-2H3,(H,24,27). The van der Waals surface area contributed by atoms with Crippen LogP contribution < -0.4 is 10.1 Å². The Morgan fingerprint density at radius 2 is 1.90 bits per heavy atom. The predicted molar refractivity (Wildman–Crippen MR) is 113 cm³/mol. The zero-order valence-corrected chi connectivity index (χ0v) is 17.7. The van der Waals surface area contributed by atoms with E-state index in [1.54, 1.807) is 6.92 Å². The molecule has 0 saturated carbocycles. The van der Waals surface area contributed by atoms with E-state index in [1.165, 1.54) is 36.0 Å². The quantitative estimate of drug-likeness (QED) is 0.452. The van der Waals surface area contributed by atoms with E-state index in [0.717, 1.165) is 18.4 Å². The first kappa shape index (κ1) is 21.8. The van der Waals surface area contributed by atoms with Gasteiger partial charge >= 0.3 is 0 Å². The molecule has 2 unspecified atom stereocenters. The summed E-state index contributed by atoms with van der Waals surface area (Å²) in [5, 5.41) is 11.3. The van der Waals surface area contributed by atoms with Crippen molar-refractivity contribution in [1.29, 1.82) is 0 Å². The minimum absolute atomic E-state index is 0.0216. The number of nitrogens with zero attached hydrogens (tertiary/aromatic N) is 2. The van der Waals surface area contributed by atoms with Crippen molar-refractivity contribution in [2.45, 2.75) is 44.1 Å². The number of aromatic nitrogens is 2. The Morgan fingerprint density at radius 3 is 2.60 bits per heavy atom. The summed E-state index contributed by atoms with van der Waals surface area (Å²) >= 11 is 1.17. The Kier molecular flexibility index (Phi) is 7.84. The second-order valence-corrected chi connectivity index (χ2v) is 7.65. The van der Waals surface area contributed by atoms with Gasteiger partial charge in [-0.1, -0.05) is 55.4 Å². The monoisotopic (exact) mass is 429 g/mol. The van der Waals surface area contributed by atoms with Crippen LogP contribution in [0.15, 0.2) is 64.2 Å². The van der Waals surface area contributed by atoms with Crippen LogP contribution in [-0.2, 0) is 4.79 Å². The molecule has 0 spiro atoms. The molecule has 1 amide bonds. The minimum Gasteiger partial charge on any atom is -0.481 e. The average molecular weight is 430 g/mol. The molecule has 1 heterocycles. The number of rotatable bonds is 10. The highest BCUT2D eigenvalue weighted by Gasteiger charge is 2.18. The lowest BCUT2D eigenvalue weighted by Gasteiger charge is -2.18. The minimum atomic E-state index is -0.502. The Hall–Kier alpha value is -2.87. The fourth-order valence-corrected chi connectivity index (χ4v) is 3.45. The number of nitrogens with one attached hydrogen (secondary N) is 1. The maximum absolute atomic E-state index is 13.0. The van der Waals surface area contributed by atoms with Gasteiger partial charge in [0.15, 0.2) is 6.10 Å². The number of thioether (sulfide) groups is 1. The summed E-state index contributed by atoms with van der Waals surface area (Å²) in [6.45, 7) is 3.85. The van der Waals surface area contributed by atoms with Crippen molar-refractivity contribution in [3.63, 3.8) is 0 Å². The molecule has 158 valence electrons. The van der Waals surface area contributed by atoms with Gasteiger partial charge < -0.3 is 14.5 Å². The fraction of sp³-hybridized carbons (Fsp3) is 0.318. The van der Waals surface area contributed by atoms with E-state index in [9.17, 15) is 9.18 Å². The highest BCUT2D eigenvalue weighted by Crippen LogP contribution is 2.24. The molecule has 3 rings (SSSR count). The summed E-state index contributed by atoms with van der Waals surface area (Å²) < 4.78 is 24.2. The molecule has 0 bridgehead atoms. The van der Waals surface area contributed by atoms with Crippen LogP contribution in [0.2, 0.25) is 0 Å². The van der Waals surface area contributed by atoms with Crippen molar-refractivity contribution >= 4 is 17.7 Å². The highest BCUT2D eigenvalue weighted by molar-refractivity contribution is 7.99. The first-order valence-electron chi connectivity index (χ1n) is 9.78. The van der Waals surface area contributed by atoms with E-state index in [4.69, 9.17) is 9.15 Å². The normalized spacial score (nSPS) is 12.9. The summed E-state index contributed by atoms with van der Waals surface area (Å²) in [4.78, 5) is 12.4. The Bertz CT molecular complexity index is 934. The molecule has 3 aromatic rings. The maximum Gasteiger partial charge on any atom is 0.277 e. The van der Waals surface area contributed by atoms with Crippen molar-refractivity contribution in [3.05, 3.63) is 71.9 Å². The van der Waals surface area contributed by atoms with Crippen LogP contribution in [0.3, 0.4) is 0 Å². The van der Waals surface area contributed by atoms with Gasteiger partial charge in [0.1, 0.15) is 11.6 Å².